The maximum absolute atomic E-state index is 13.6. The predicted molar refractivity (Wildman–Crippen MR) is 158 cm³/mol. The monoisotopic (exact) mass is 581 g/mol. The highest BCUT2D eigenvalue weighted by molar-refractivity contribution is 7.92. The van der Waals surface area contributed by atoms with Crippen LogP contribution in [0, 0.1) is 13.8 Å². The summed E-state index contributed by atoms with van der Waals surface area (Å²) in [6.07, 6.45) is 3.03. The van der Waals surface area contributed by atoms with Crippen LogP contribution in [-0.4, -0.2) is 41.4 Å². The molecule has 0 saturated carbocycles. The van der Waals surface area contributed by atoms with Gasteiger partial charge in [-0.25, -0.2) is 18.1 Å². The first kappa shape index (κ1) is 27.0. The Morgan fingerprint density at radius 3 is 2.52 bits per heavy atom. The summed E-state index contributed by atoms with van der Waals surface area (Å²) in [6.45, 7) is 3.65. The summed E-state index contributed by atoms with van der Waals surface area (Å²) in [7, 11) is -2.37. The highest BCUT2D eigenvalue weighted by Gasteiger charge is 2.25. The lowest BCUT2D eigenvalue weighted by molar-refractivity contribution is 0.0780. The summed E-state index contributed by atoms with van der Waals surface area (Å²) in [5, 5.41) is 4.79. The van der Waals surface area contributed by atoms with Gasteiger partial charge in [0.15, 0.2) is 0 Å². The molecule has 6 aromatic rings. The first-order valence-electron chi connectivity index (χ1n) is 13.1. The van der Waals surface area contributed by atoms with Gasteiger partial charge < -0.3 is 18.8 Å². The molecule has 0 fully saturated rings. The number of H-pyrrole nitrogens is 1. The van der Waals surface area contributed by atoms with E-state index < -0.39 is 10.0 Å². The number of hydrogen-bond donors (Lipinski definition) is 2. The van der Waals surface area contributed by atoms with Crippen LogP contribution in [0.5, 0.6) is 0 Å². The Bertz CT molecular complexity index is 1990. The second-order valence-electron chi connectivity index (χ2n) is 9.96. The van der Waals surface area contributed by atoms with Gasteiger partial charge >= 0.3 is 0 Å². The number of aryl methyl sites for hydroxylation is 1. The van der Waals surface area contributed by atoms with Crippen molar-refractivity contribution in [3.05, 3.63) is 108 Å². The zero-order valence-electron chi connectivity index (χ0n) is 23.1. The minimum Gasteiger partial charge on any atom is -0.445 e. The van der Waals surface area contributed by atoms with E-state index >= 15 is 0 Å². The van der Waals surface area contributed by atoms with Gasteiger partial charge in [0.05, 0.1) is 16.8 Å². The topological polar surface area (TPSA) is 134 Å². The van der Waals surface area contributed by atoms with E-state index in [0.29, 0.717) is 45.1 Å². The number of benzene rings is 3. The highest BCUT2D eigenvalue weighted by Crippen LogP contribution is 2.35. The van der Waals surface area contributed by atoms with Gasteiger partial charge in [0, 0.05) is 41.2 Å². The van der Waals surface area contributed by atoms with Crippen molar-refractivity contribution in [2.45, 2.75) is 25.3 Å². The summed E-state index contributed by atoms with van der Waals surface area (Å²) in [5.41, 5.74) is 4.99. The minimum atomic E-state index is -4.07. The van der Waals surface area contributed by atoms with E-state index in [9.17, 15) is 13.2 Å². The molecule has 0 radical (unpaired) electrons. The molecule has 3 aromatic carbocycles. The van der Waals surface area contributed by atoms with Crippen LogP contribution in [-0.2, 0) is 16.6 Å². The van der Waals surface area contributed by atoms with Crippen LogP contribution in [0.3, 0.4) is 0 Å². The first-order valence-corrected chi connectivity index (χ1v) is 14.6. The molecule has 0 aliphatic rings. The maximum Gasteiger partial charge on any atom is 0.270 e. The van der Waals surface area contributed by atoms with Gasteiger partial charge in [0.2, 0.25) is 11.8 Å². The normalized spacial score (nSPS) is 11.6. The lowest BCUT2D eigenvalue weighted by Crippen LogP contribution is -2.26. The SMILES string of the molecule is Cc1noc(NS(=O)(=O)c2ccccc2-c2ccc(-c3ncco3)cc2CN(C)C(=O)c2cc3ccccc3[nH]2)c1C. The number of fused-ring (bicyclic) bond motifs is 1. The van der Waals surface area contributed by atoms with Gasteiger partial charge in [-0.2, -0.15) is 0 Å². The molecule has 0 aliphatic heterocycles. The molecule has 10 nitrogen and oxygen atoms in total. The van der Waals surface area contributed by atoms with Crippen molar-refractivity contribution in [1.82, 2.24) is 20.0 Å². The third kappa shape index (κ3) is 5.06. The largest absolute Gasteiger partial charge is 0.445 e. The van der Waals surface area contributed by atoms with Crippen molar-refractivity contribution >= 4 is 32.7 Å². The second-order valence-corrected chi connectivity index (χ2v) is 11.6. The molecule has 2 N–H and O–H groups in total. The number of hydrogen-bond acceptors (Lipinski definition) is 7. The molecule has 212 valence electrons. The number of anilines is 1. The predicted octanol–water partition coefficient (Wildman–Crippen LogP) is 6.17. The van der Waals surface area contributed by atoms with Crippen LogP contribution in [0.2, 0.25) is 0 Å². The number of nitrogens with one attached hydrogen (secondary N) is 2. The van der Waals surface area contributed by atoms with E-state index in [1.165, 1.54) is 12.3 Å². The third-order valence-electron chi connectivity index (χ3n) is 7.15. The van der Waals surface area contributed by atoms with E-state index in [2.05, 4.69) is 19.8 Å². The Labute approximate surface area is 242 Å². The van der Waals surface area contributed by atoms with Gasteiger partial charge in [0.1, 0.15) is 12.0 Å². The molecule has 1 amide bonds. The quantitative estimate of drug-likeness (QED) is 0.220. The smallest absolute Gasteiger partial charge is 0.270 e. The Hall–Kier alpha value is -5.16. The average Bonchev–Trinajstić information content (AvgIpc) is 3.75. The van der Waals surface area contributed by atoms with E-state index in [1.54, 1.807) is 50.2 Å². The molecule has 0 bridgehead atoms. The van der Waals surface area contributed by atoms with Crippen LogP contribution in [0.25, 0.3) is 33.5 Å². The fraction of sp³-hybridized carbons (Fsp3) is 0.129. The molecule has 0 atom stereocenters. The van der Waals surface area contributed by atoms with Crippen molar-refractivity contribution in [1.29, 1.82) is 0 Å². The number of rotatable bonds is 8. The molecule has 3 heterocycles. The van der Waals surface area contributed by atoms with E-state index in [4.69, 9.17) is 8.94 Å². The molecule has 3 aromatic heterocycles. The fourth-order valence-electron chi connectivity index (χ4n) is 4.82. The van der Waals surface area contributed by atoms with Crippen molar-refractivity contribution < 1.29 is 22.2 Å². The number of para-hydroxylation sites is 1. The van der Waals surface area contributed by atoms with Crippen LogP contribution < -0.4 is 4.72 Å². The Balaban J connectivity index is 1.41. The van der Waals surface area contributed by atoms with Gasteiger partial charge in [0.25, 0.3) is 15.9 Å². The Morgan fingerprint density at radius 2 is 1.79 bits per heavy atom. The summed E-state index contributed by atoms with van der Waals surface area (Å²) < 4.78 is 40.5. The number of aromatic nitrogens is 3. The molecule has 0 aliphatic carbocycles. The van der Waals surface area contributed by atoms with Crippen LogP contribution >= 0.6 is 0 Å². The van der Waals surface area contributed by atoms with Crippen molar-refractivity contribution in [3.8, 4) is 22.6 Å². The molecule has 0 unspecified atom stereocenters. The number of nitrogens with zero attached hydrogens (tertiary/aromatic N) is 3. The zero-order valence-corrected chi connectivity index (χ0v) is 23.9. The number of carbonyl (C=O) groups excluding carboxylic acids is 1. The van der Waals surface area contributed by atoms with Crippen molar-refractivity contribution in [2.24, 2.45) is 0 Å². The number of amides is 1. The molecule has 0 saturated heterocycles. The number of aromatic amines is 1. The Morgan fingerprint density at radius 1 is 1.00 bits per heavy atom. The van der Waals surface area contributed by atoms with Gasteiger partial charge in [-0.1, -0.05) is 47.6 Å². The second kappa shape index (κ2) is 10.7. The van der Waals surface area contributed by atoms with Crippen LogP contribution in [0.15, 0.2) is 99.1 Å². The van der Waals surface area contributed by atoms with Gasteiger partial charge in [-0.05, 0) is 55.3 Å². The number of carbonyl (C=O) groups is 1. The summed E-state index contributed by atoms with van der Waals surface area (Å²) in [4.78, 5) is 22.6. The van der Waals surface area contributed by atoms with Crippen LogP contribution in [0.4, 0.5) is 5.88 Å². The summed E-state index contributed by atoms with van der Waals surface area (Å²) in [5.74, 6) is 0.258. The zero-order chi connectivity index (χ0) is 29.4. The van der Waals surface area contributed by atoms with E-state index in [0.717, 1.165) is 10.9 Å². The van der Waals surface area contributed by atoms with Gasteiger partial charge in [-0.3, -0.25) is 4.79 Å². The first-order chi connectivity index (χ1) is 20.2. The molecule has 0 spiro atoms. The molecule has 11 heteroatoms. The number of sulfonamides is 1. The van der Waals surface area contributed by atoms with Crippen molar-refractivity contribution in [2.75, 3.05) is 11.8 Å². The molecular weight excluding hydrogens is 554 g/mol. The standard InChI is InChI=1S/C31H27N5O5S/c1-19-20(2)34-41-29(19)35-42(38,39)28-11-7-5-9-25(28)24-13-12-22(30-32-14-15-40-30)16-23(24)18-36(3)31(37)27-17-21-8-4-6-10-26(21)33-27/h4-17,33,35H,18H2,1-3H3. The average molecular weight is 582 g/mol. The molecule has 42 heavy (non-hydrogen) atoms. The van der Waals surface area contributed by atoms with Crippen LogP contribution in [0.1, 0.15) is 27.3 Å². The molecular formula is C31H27N5O5S. The lowest BCUT2D eigenvalue weighted by atomic mass is 9.96. The molecule has 6 rings (SSSR count). The van der Waals surface area contributed by atoms with E-state index in [1.807, 2.05) is 48.5 Å². The van der Waals surface area contributed by atoms with Crippen molar-refractivity contribution in [3.63, 3.8) is 0 Å². The lowest BCUT2D eigenvalue weighted by Gasteiger charge is -2.21. The summed E-state index contributed by atoms with van der Waals surface area (Å²) >= 11 is 0. The van der Waals surface area contributed by atoms with E-state index in [-0.39, 0.29) is 23.2 Å². The fourth-order valence-corrected chi connectivity index (χ4v) is 6.09. The summed E-state index contributed by atoms with van der Waals surface area (Å²) in [6, 6.07) is 21.7. The third-order valence-corrected chi connectivity index (χ3v) is 8.54. The maximum atomic E-state index is 13.6. The number of oxazole rings is 1. The minimum absolute atomic E-state index is 0.0492. The highest BCUT2D eigenvalue weighted by atomic mass is 32.2. The Kier molecular flexibility index (Phi) is 6.87. The van der Waals surface area contributed by atoms with Gasteiger partial charge in [-0.15, -0.1) is 0 Å².